The van der Waals surface area contributed by atoms with E-state index in [1.54, 1.807) is 12.0 Å². The van der Waals surface area contributed by atoms with Crippen molar-refractivity contribution in [2.75, 3.05) is 53.1 Å². The molecule has 1 amide bonds. The fraction of sp³-hybridized carbons (Fsp3) is 0.344. The molecule has 0 bridgehead atoms. The molecule has 4 aromatic rings. The van der Waals surface area contributed by atoms with E-state index < -0.39 is 0 Å². The molecule has 2 aliphatic rings. The molecular weight excluding hydrogens is 597 g/mol. The van der Waals surface area contributed by atoms with Crippen molar-refractivity contribution in [2.24, 2.45) is 0 Å². The normalized spacial score (nSPS) is 16.8. The van der Waals surface area contributed by atoms with Crippen LogP contribution in [0.5, 0.6) is 11.5 Å². The fourth-order valence-electron chi connectivity index (χ4n) is 5.37. The van der Waals surface area contributed by atoms with Gasteiger partial charge in [0.05, 0.1) is 25.2 Å². The predicted molar refractivity (Wildman–Crippen MR) is 176 cm³/mol. The fourth-order valence-corrected chi connectivity index (χ4v) is 6.67. The van der Waals surface area contributed by atoms with Gasteiger partial charge in [-0.25, -0.2) is 0 Å². The number of aromatic amines is 1. The molecule has 44 heavy (non-hydrogen) atoms. The van der Waals surface area contributed by atoms with Gasteiger partial charge < -0.3 is 14.2 Å². The van der Waals surface area contributed by atoms with Gasteiger partial charge in [-0.05, 0) is 59.0 Å². The summed E-state index contributed by atoms with van der Waals surface area (Å²) >= 11 is 6.91. The summed E-state index contributed by atoms with van der Waals surface area (Å²) in [6.07, 6.45) is 4.20. The zero-order valence-corrected chi connectivity index (χ0v) is 26.2. The zero-order chi connectivity index (χ0) is 30.3. The SMILES string of the molecule is COc1cc(C=C2SC(=S)N(CCCCc3nn[nH]n3)C2=O)cc(-c2ccc3ccccc3c2)c1OCCN1CCOCC1. The first-order chi connectivity index (χ1) is 21.6. The highest BCUT2D eigenvalue weighted by atomic mass is 32.2. The van der Waals surface area contributed by atoms with Crippen LogP contribution in [0, 0.1) is 0 Å². The van der Waals surface area contributed by atoms with Gasteiger partial charge in [0.1, 0.15) is 10.9 Å². The molecule has 0 radical (unpaired) electrons. The molecule has 2 aliphatic heterocycles. The number of carbonyl (C=O) groups is 1. The number of morpholine rings is 1. The number of thioether (sulfide) groups is 1. The molecule has 2 fully saturated rings. The predicted octanol–water partition coefficient (Wildman–Crippen LogP) is 4.96. The number of aromatic nitrogens is 4. The van der Waals surface area contributed by atoms with E-state index in [-0.39, 0.29) is 5.91 Å². The van der Waals surface area contributed by atoms with Crippen molar-refractivity contribution in [3.05, 3.63) is 70.9 Å². The number of hydrogen-bond donors (Lipinski definition) is 1. The summed E-state index contributed by atoms with van der Waals surface area (Å²) in [7, 11) is 1.65. The van der Waals surface area contributed by atoms with Crippen LogP contribution in [-0.2, 0) is 16.0 Å². The maximum atomic E-state index is 13.4. The van der Waals surface area contributed by atoms with Gasteiger partial charge in [0.25, 0.3) is 5.91 Å². The largest absolute Gasteiger partial charge is 0.493 e. The van der Waals surface area contributed by atoms with E-state index in [4.69, 9.17) is 26.4 Å². The number of aryl methyl sites for hydroxylation is 1. The Balaban J connectivity index is 1.25. The monoisotopic (exact) mass is 630 g/mol. The Bertz CT molecular complexity index is 1660. The van der Waals surface area contributed by atoms with Crippen LogP contribution in [0.25, 0.3) is 28.0 Å². The van der Waals surface area contributed by atoms with Crippen LogP contribution in [-0.4, -0.2) is 93.8 Å². The average molecular weight is 631 g/mol. The molecule has 0 aliphatic carbocycles. The molecule has 3 aromatic carbocycles. The second kappa shape index (κ2) is 14.3. The Morgan fingerprint density at radius 2 is 1.91 bits per heavy atom. The minimum Gasteiger partial charge on any atom is -0.493 e. The highest BCUT2D eigenvalue weighted by molar-refractivity contribution is 8.26. The van der Waals surface area contributed by atoms with Crippen molar-refractivity contribution in [3.8, 4) is 22.6 Å². The van der Waals surface area contributed by atoms with Gasteiger partial charge in [0, 0.05) is 38.2 Å². The third kappa shape index (κ3) is 7.10. The van der Waals surface area contributed by atoms with Crippen LogP contribution in [0.3, 0.4) is 0 Å². The minimum absolute atomic E-state index is 0.0865. The van der Waals surface area contributed by atoms with Gasteiger partial charge in [0.2, 0.25) is 0 Å². The molecule has 6 rings (SSSR count). The van der Waals surface area contributed by atoms with E-state index >= 15 is 0 Å². The lowest BCUT2D eigenvalue weighted by molar-refractivity contribution is -0.122. The third-order valence-electron chi connectivity index (χ3n) is 7.71. The second-order valence-electron chi connectivity index (χ2n) is 10.6. The molecule has 0 unspecified atom stereocenters. The van der Waals surface area contributed by atoms with Crippen molar-refractivity contribution >= 4 is 51.1 Å². The number of nitrogens with zero attached hydrogens (tertiary/aromatic N) is 5. The first-order valence-corrected chi connectivity index (χ1v) is 15.9. The number of benzene rings is 3. The van der Waals surface area contributed by atoms with E-state index in [9.17, 15) is 4.79 Å². The highest BCUT2D eigenvalue weighted by Crippen LogP contribution is 2.42. The lowest BCUT2D eigenvalue weighted by atomic mass is 9.98. The summed E-state index contributed by atoms with van der Waals surface area (Å²) < 4.78 is 18.4. The molecule has 1 N–H and O–H groups in total. The van der Waals surface area contributed by atoms with Crippen LogP contribution in [0.2, 0.25) is 0 Å². The molecular formula is C32H34N6O4S2. The first kappa shape index (κ1) is 30.2. The number of thiocarbonyl (C=S) groups is 1. The Morgan fingerprint density at radius 1 is 1.07 bits per heavy atom. The summed E-state index contributed by atoms with van der Waals surface area (Å²) in [4.78, 5) is 18.0. The van der Waals surface area contributed by atoms with E-state index in [1.807, 2.05) is 24.3 Å². The number of methoxy groups -OCH3 is 1. The van der Waals surface area contributed by atoms with E-state index in [0.717, 1.165) is 73.2 Å². The second-order valence-corrected chi connectivity index (χ2v) is 12.3. The summed E-state index contributed by atoms with van der Waals surface area (Å²) in [6.45, 7) is 5.13. The highest BCUT2D eigenvalue weighted by Gasteiger charge is 2.31. The van der Waals surface area contributed by atoms with Crippen LogP contribution in [0.15, 0.2) is 59.5 Å². The van der Waals surface area contributed by atoms with Gasteiger partial charge in [-0.3, -0.25) is 14.6 Å². The molecule has 0 spiro atoms. The van der Waals surface area contributed by atoms with Gasteiger partial charge >= 0.3 is 0 Å². The molecule has 12 heteroatoms. The number of ether oxygens (including phenoxy) is 3. The van der Waals surface area contributed by atoms with Gasteiger partial charge in [-0.1, -0.05) is 65.6 Å². The maximum Gasteiger partial charge on any atom is 0.266 e. The molecule has 3 heterocycles. The third-order valence-corrected chi connectivity index (χ3v) is 9.09. The molecule has 1 aromatic heterocycles. The number of nitrogens with one attached hydrogen (secondary N) is 1. The van der Waals surface area contributed by atoms with Crippen LogP contribution >= 0.6 is 24.0 Å². The minimum atomic E-state index is -0.0865. The summed E-state index contributed by atoms with van der Waals surface area (Å²) in [5.74, 6) is 1.87. The Morgan fingerprint density at radius 3 is 2.70 bits per heavy atom. The number of H-pyrrole nitrogens is 1. The van der Waals surface area contributed by atoms with Crippen LogP contribution in [0.4, 0.5) is 0 Å². The zero-order valence-electron chi connectivity index (χ0n) is 24.5. The van der Waals surface area contributed by atoms with E-state index in [0.29, 0.717) is 46.1 Å². The lowest BCUT2D eigenvalue weighted by Crippen LogP contribution is -2.38. The maximum absolute atomic E-state index is 13.4. The summed E-state index contributed by atoms with van der Waals surface area (Å²) in [5.41, 5.74) is 2.75. The van der Waals surface area contributed by atoms with Gasteiger partial charge in [-0.15, -0.1) is 10.2 Å². The molecule has 2 saturated heterocycles. The number of fused-ring (bicyclic) bond motifs is 1. The smallest absolute Gasteiger partial charge is 0.266 e. The van der Waals surface area contributed by atoms with E-state index in [1.165, 1.54) is 11.8 Å². The summed E-state index contributed by atoms with van der Waals surface area (Å²) in [5, 5.41) is 16.3. The Kier molecular flexibility index (Phi) is 9.81. The van der Waals surface area contributed by atoms with Crippen LogP contribution < -0.4 is 9.47 Å². The van der Waals surface area contributed by atoms with Crippen molar-refractivity contribution in [1.82, 2.24) is 30.4 Å². The van der Waals surface area contributed by atoms with Crippen LogP contribution in [0.1, 0.15) is 24.2 Å². The Hall–Kier alpha value is -3.84. The number of carbonyl (C=O) groups excluding carboxylic acids is 1. The standard InChI is InChI=1S/C32H34N6O4S2/c1-40-27-19-22(20-28-31(39)38(32(43)44-28)11-5-4-8-29-33-35-36-34-29)18-26(25-10-9-23-6-2-3-7-24(23)21-25)30(27)42-17-14-37-12-15-41-16-13-37/h2-3,6-7,9-10,18-21H,4-5,8,11-17H2,1H3,(H,33,34,35,36). The molecule has 0 saturated carbocycles. The molecule has 0 atom stereocenters. The number of hydrogen-bond acceptors (Lipinski definition) is 10. The van der Waals surface area contributed by atoms with Crippen molar-refractivity contribution in [3.63, 3.8) is 0 Å². The van der Waals surface area contributed by atoms with Gasteiger partial charge in [0.15, 0.2) is 17.3 Å². The topological polar surface area (TPSA) is 106 Å². The number of rotatable bonds is 12. The quantitative estimate of drug-likeness (QED) is 0.131. The molecule has 228 valence electrons. The van der Waals surface area contributed by atoms with Crippen molar-refractivity contribution in [1.29, 1.82) is 0 Å². The van der Waals surface area contributed by atoms with Gasteiger partial charge in [-0.2, -0.15) is 5.21 Å². The van der Waals surface area contributed by atoms with Crippen molar-refractivity contribution < 1.29 is 19.0 Å². The number of unbranched alkanes of at least 4 members (excludes halogenated alkanes) is 1. The van der Waals surface area contributed by atoms with Crippen molar-refractivity contribution in [2.45, 2.75) is 19.3 Å². The molecule has 10 nitrogen and oxygen atoms in total. The number of tetrazole rings is 1. The number of amides is 1. The Labute approximate surface area is 265 Å². The lowest BCUT2D eigenvalue weighted by Gasteiger charge is -2.26. The first-order valence-electron chi connectivity index (χ1n) is 14.7. The van der Waals surface area contributed by atoms with E-state index in [2.05, 4.69) is 61.9 Å². The summed E-state index contributed by atoms with van der Waals surface area (Å²) in [6, 6.07) is 18.6. The average Bonchev–Trinajstić information content (AvgIpc) is 3.67.